The van der Waals surface area contributed by atoms with Gasteiger partial charge in [-0.15, -0.1) is 0 Å². The smallest absolute Gasteiger partial charge is 0.242 e. The van der Waals surface area contributed by atoms with Gasteiger partial charge in [-0.3, -0.25) is 4.79 Å². The molecule has 27 heavy (non-hydrogen) atoms. The zero-order chi connectivity index (χ0) is 19.1. The fourth-order valence-electron chi connectivity index (χ4n) is 3.06. The second kappa shape index (κ2) is 9.37. The lowest BCUT2D eigenvalue weighted by molar-refractivity contribution is -0.121. The van der Waals surface area contributed by atoms with Gasteiger partial charge in [0.1, 0.15) is 11.9 Å². The summed E-state index contributed by atoms with van der Waals surface area (Å²) in [7, 11) is 0. The fourth-order valence-corrected chi connectivity index (χ4v) is 3.06. The first-order valence-electron chi connectivity index (χ1n) is 9.33. The molecule has 0 aliphatic carbocycles. The van der Waals surface area contributed by atoms with Gasteiger partial charge in [0.25, 0.3) is 0 Å². The number of carbonyl (C=O) groups is 1. The molecule has 1 saturated heterocycles. The molecule has 3 rings (SSSR count). The van der Waals surface area contributed by atoms with Crippen LogP contribution in [0.1, 0.15) is 12.5 Å². The second-order valence-electron chi connectivity index (χ2n) is 6.68. The van der Waals surface area contributed by atoms with E-state index in [0.717, 1.165) is 43.2 Å². The molecule has 2 aromatic rings. The van der Waals surface area contributed by atoms with Crippen molar-refractivity contribution in [2.75, 3.05) is 43.1 Å². The van der Waals surface area contributed by atoms with Crippen molar-refractivity contribution in [3.05, 3.63) is 59.9 Å². The Bertz CT molecular complexity index is 745. The number of amides is 1. The highest BCUT2D eigenvalue weighted by Crippen LogP contribution is 2.21. The number of carbonyl (C=O) groups excluding carboxylic acids is 1. The first-order chi connectivity index (χ1) is 13.1. The zero-order valence-electron chi connectivity index (χ0n) is 15.6. The molecule has 144 valence electrons. The Labute approximate surface area is 159 Å². The average Bonchev–Trinajstić information content (AvgIpc) is 2.70. The predicted molar refractivity (Wildman–Crippen MR) is 106 cm³/mol. The van der Waals surface area contributed by atoms with E-state index < -0.39 is 0 Å². The quantitative estimate of drug-likeness (QED) is 0.786. The van der Waals surface area contributed by atoms with E-state index in [1.54, 1.807) is 12.1 Å². The molecule has 2 aromatic carbocycles. The van der Waals surface area contributed by atoms with Crippen LogP contribution in [-0.2, 0) is 16.0 Å². The summed E-state index contributed by atoms with van der Waals surface area (Å²) in [4.78, 5) is 14.6. The number of nitrogens with zero attached hydrogens (tertiary/aromatic N) is 1. The van der Waals surface area contributed by atoms with E-state index in [9.17, 15) is 9.18 Å². The van der Waals surface area contributed by atoms with Crippen molar-refractivity contribution in [3.63, 3.8) is 0 Å². The first kappa shape index (κ1) is 19.2. The lowest BCUT2D eigenvalue weighted by Gasteiger charge is -2.29. The summed E-state index contributed by atoms with van der Waals surface area (Å²) in [5.74, 6) is -0.311. The SMILES string of the molecule is CC(Nc1cccc(N2CCOCC2)c1)C(=O)NCCc1ccc(F)cc1. The number of halogens is 1. The first-order valence-corrected chi connectivity index (χ1v) is 9.33. The molecule has 0 aromatic heterocycles. The molecule has 1 amide bonds. The summed E-state index contributed by atoms with van der Waals surface area (Å²) in [6.45, 7) is 5.60. The summed E-state index contributed by atoms with van der Waals surface area (Å²) >= 11 is 0. The van der Waals surface area contributed by atoms with Crippen molar-refractivity contribution in [2.24, 2.45) is 0 Å². The predicted octanol–water partition coefficient (Wildman–Crippen LogP) is 2.82. The summed E-state index contributed by atoms with van der Waals surface area (Å²) in [5, 5.41) is 6.18. The van der Waals surface area contributed by atoms with Gasteiger partial charge in [-0.25, -0.2) is 4.39 Å². The molecule has 0 spiro atoms. The highest BCUT2D eigenvalue weighted by molar-refractivity contribution is 5.84. The zero-order valence-corrected chi connectivity index (χ0v) is 15.6. The number of ether oxygens (including phenoxy) is 1. The van der Waals surface area contributed by atoms with Crippen LogP contribution in [0.2, 0.25) is 0 Å². The van der Waals surface area contributed by atoms with E-state index >= 15 is 0 Å². The lowest BCUT2D eigenvalue weighted by atomic mass is 10.1. The fraction of sp³-hybridized carbons (Fsp3) is 0.381. The summed E-state index contributed by atoms with van der Waals surface area (Å²) in [6.07, 6.45) is 0.672. The maximum absolute atomic E-state index is 12.9. The van der Waals surface area contributed by atoms with Crippen LogP contribution < -0.4 is 15.5 Å². The van der Waals surface area contributed by atoms with Gasteiger partial charge in [-0.2, -0.15) is 0 Å². The molecule has 6 heteroatoms. The number of benzene rings is 2. The summed E-state index contributed by atoms with van der Waals surface area (Å²) < 4.78 is 18.3. The summed E-state index contributed by atoms with van der Waals surface area (Å²) in [6, 6.07) is 14.1. The summed E-state index contributed by atoms with van der Waals surface area (Å²) in [5.41, 5.74) is 3.04. The topological polar surface area (TPSA) is 53.6 Å². The molecule has 1 unspecified atom stereocenters. The van der Waals surface area contributed by atoms with Crippen LogP contribution in [0.3, 0.4) is 0 Å². The number of morpholine rings is 1. The third-order valence-electron chi connectivity index (χ3n) is 4.63. The maximum Gasteiger partial charge on any atom is 0.242 e. The molecule has 2 N–H and O–H groups in total. The van der Waals surface area contributed by atoms with Crippen molar-refractivity contribution in [1.29, 1.82) is 0 Å². The van der Waals surface area contributed by atoms with E-state index in [-0.39, 0.29) is 17.8 Å². The highest BCUT2D eigenvalue weighted by atomic mass is 19.1. The number of anilines is 2. The van der Waals surface area contributed by atoms with E-state index in [1.165, 1.54) is 12.1 Å². The van der Waals surface area contributed by atoms with Crippen molar-refractivity contribution in [1.82, 2.24) is 5.32 Å². The Hall–Kier alpha value is -2.60. The van der Waals surface area contributed by atoms with Gasteiger partial charge in [0, 0.05) is 31.0 Å². The van der Waals surface area contributed by atoms with Crippen molar-refractivity contribution in [2.45, 2.75) is 19.4 Å². The van der Waals surface area contributed by atoms with Gasteiger partial charge < -0.3 is 20.3 Å². The molecule has 1 aliphatic rings. The third-order valence-corrected chi connectivity index (χ3v) is 4.63. The van der Waals surface area contributed by atoms with E-state index in [0.29, 0.717) is 13.0 Å². The molecule has 0 radical (unpaired) electrons. The minimum Gasteiger partial charge on any atom is -0.378 e. The Balaban J connectivity index is 1.48. The van der Waals surface area contributed by atoms with Crippen molar-refractivity contribution >= 4 is 17.3 Å². The van der Waals surface area contributed by atoms with Crippen LogP contribution in [0.25, 0.3) is 0 Å². The van der Waals surface area contributed by atoms with Crippen LogP contribution in [0.4, 0.5) is 15.8 Å². The molecule has 1 heterocycles. The largest absolute Gasteiger partial charge is 0.378 e. The Morgan fingerprint density at radius 1 is 1.19 bits per heavy atom. The number of hydrogen-bond acceptors (Lipinski definition) is 4. The molecular formula is C21H26FN3O2. The second-order valence-corrected chi connectivity index (χ2v) is 6.68. The number of rotatable bonds is 7. The highest BCUT2D eigenvalue weighted by Gasteiger charge is 2.14. The molecule has 1 fully saturated rings. The van der Waals surface area contributed by atoms with E-state index in [4.69, 9.17) is 4.74 Å². The van der Waals surface area contributed by atoms with Gasteiger partial charge in [-0.1, -0.05) is 18.2 Å². The van der Waals surface area contributed by atoms with Gasteiger partial charge in [0.2, 0.25) is 5.91 Å². The lowest BCUT2D eigenvalue weighted by Crippen LogP contribution is -2.38. The Kier molecular flexibility index (Phi) is 6.65. The molecule has 0 saturated carbocycles. The number of nitrogens with one attached hydrogen (secondary N) is 2. The normalized spacial score (nSPS) is 15.3. The van der Waals surface area contributed by atoms with E-state index in [2.05, 4.69) is 27.7 Å². The van der Waals surface area contributed by atoms with Gasteiger partial charge >= 0.3 is 0 Å². The van der Waals surface area contributed by atoms with Crippen LogP contribution in [0, 0.1) is 5.82 Å². The third kappa shape index (κ3) is 5.69. The number of hydrogen-bond donors (Lipinski definition) is 2. The Morgan fingerprint density at radius 2 is 1.93 bits per heavy atom. The standard InChI is InChI=1S/C21H26FN3O2/c1-16(21(26)23-10-9-17-5-7-18(22)8-6-17)24-19-3-2-4-20(15-19)25-11-13-27-14-12-25/h2-8,15-16,24H,9-14H2,1H3,(H,23,26). The van der Waals surface area contributed by atoms with E-state index in [1.807, 2.05) is 19.1 Å². The molecule has 0 bridgehead atoms. The minimum absolute atomic E-state index is 0.0612. The monoisotopic (exact) mass is 371 g/mol. The molecular weight excluding hydrogens is 345 g/mol. The van der Waals surface area contributed by atoms with Crippen molar-refractivity contribution in [3.8, 4) is 0 Å². The maximum atomic E-state index is 12.9. The minimum atomic E-state index is -0.349. The van der Waals surface area contributed by atoms with Crippen LogP contribution in [0.5, 0.6) is 0 Å². The average molecular weight is 371 g/mol. The van der Waals surface area contributed by atoms with Crippen LogP contribution in [-0.4, -0.2) is 44.8 Å². The van der Waals surface area contributed by atoms with Gasteiger partial charge in [-0.05, 0) is 49.2 Å². The Morgan fingerprint density at radius 3 is 2.67 bits per heavy atom. The van der Waals surface area contributed by atoms with Crippen LogP contribution >= 0.6 is 0 Å². The van der Waals surface area contributed by atoms with Crippen molar-refractivity contribution < 1.29 is 13.9 Å². The molecule has 1 atom stereocenters. The van der Waals surface area contributed by atoms with Gasteiger partial charge in [0.05, 0.1) is 13.2 Å². The van der Waals surface area contributed by atoms with Crippen LogP contribution in [0.15, 0.2) is 48.5 Å². The molecule has 1 aliphatic heterocycles. The van der Waals surface area contributed by atoms with Gasteiger partial charge in [0.15, 0.2) is 0 Å². The molecule has 5 nitrogen and oxygen atoms in total.